The molecule has 3 rings (SSSR count). The fourth-order valence-electron chi connectivity index (χ4n) is 3.36. The predicted molar refractivity (Wildman–Crippen MR) is 78.2 cm³/mol. The summed E-state index contributed by atoms with van der Waals surface area (Å²) in [6, 6.07) is 5.06. The van der Waals surface area contributed by atoms with Crippen LogP contribution in [0.1, 0.15) is 39.0 Å². The number of nitrogens with zero attached hydrogens (tertiary/aromatic N) is 2. The van der Waals surface area contributed by atoms with Gasteiger partial charge in [-0.15, -0.1) is 11.6 Å². The second-order valence-corrected chi connectivity index (χ2v) is 6.15. The highest BCUT2D eigenvalue weighted by molar-refractivity contribution is 6.20. The van der Waals surface area contributed by atoms with Crippen molar-refractivity contribution in [2.24, 2.45) is 0 Å². The van der Waals surface area contributed by atoms with E-state index in [1.54, 1.807) is 0 Å². The second-order valence-electron chi connectivity index (χ2n) is 5.53. The van der Waals surface area contributed by atoms with Gasteiger partial charge in [0.25, 0.3) is 0 Å². The summed E-state index contributed by atoms with van der Waals surface area (Å²) < 4.78 is 5.85. The molecule has 19 heavy (non-hydrogen) atoms. The predicted octanol–water partition coefficient (Wildman–Crippen LogP) is 3.61. The monoisotopic (exact) mass is 280 g/mol. The minimum atomic E-state index is 0.331. The van der Waals surface area contributed by atoms with Crippen molar-refractivity contribution in [3.8, 4) is 5.75 Å². The standard InChI is InChI=1S/C15H21ClN2O/c1-2-8-19-14-4-3-7-17-15(14)18-12-5-6-13(18)10-11(16)9-12/h3-4,7,11-13H,2,5-6,8-10H2,1H3. The number of ether oxygens (including phenoxy) is 1. The van der Waals surface area contributed by atoms with Crippen molar-refractivity contribution in [2.75, 3.05) is 11.5 Å². The Kier molecular flexibility index (Phi) is 3.83. The van der Waals surface area contributed by atoms with Gasteiger partial charge >= 0.3 is 0 Å². The van der Waals surface area contributed by atoms with Crippen molar-refractivity contribution >= 4 is 17.4 Å². The lowest BCUT2D eigenvalue weighted by Gasteiger charge is -2.38. The van der Waals surface area contributed by atoms with E-state index in [9.17, 15) is 0 Å². The van der Waals surface area contributed by atoms with Gasteiger partial charge in [-0.1, -0.05) is 6.92 Å². The Labute approximate surface area is 119 Å². The van der Waals surface area contributed by atoms with Crippen molar-refractivity contribution in [1.29, 1.82) is 0 Å². The van der Waals surface area contributed by atoms with E-state index in [-0.39, 0.29) is 0 Å². The van der Waals surface area contributed by atoms with Gasteiger partial charge in [0.1, 0.15) is 0 Å². The van der Waals surface area contributed by atoms with E-state index in [1.165, 1.54) is 12.8 Å². The van der Waals surface area contributed by atoms with E-state index < -0.39 is 0 Å². The molecular weight excluding hydrogens is 260 g/mol. The van der Waals surface area contributed by atoms with E-state index in [0.717, 1.165) is 37.4 Å². The first-order chi connectivity index (χ1) is 9.29. The smallest absolute Gasteiger partial charge is 0.171 e. The summed E-state index contributed by atoms with van der Waals surface area (Å²) in [5.41, 5.74) is 0. The van der Waals surface area contributed by atoms with Crippen LogP contribution in [-0.2, 0) is 0 Å². The van der Waals surface area contributed by atoms with E-state index in [1.807, 2.05) is 18.3 Å². The molecule has 0 saturated carbocycles. The number of halogens is 1. The lowest BCUT2D eigenvalue weighted by molar-refractivity contribution is 0.314. The molecule has 2 aliphatic rings. The van der Waals surface area contributed by atoms with Gasteiger partial charge < -0.3 is 9.64 Å². The Hall–Kier alpha value is -0.960. The van der Waals surface area contributed by atoms with Crippen LogP contribution in [0.15, 0.2) is 18.3 Å². The molecule has 0 aliphatic carbocycles. The SMILES string of the molecule is CCCOc1cccnc1N1C2CCC1CC(Cl)C2. The number of rotatable bonds is 4. The molecule has 1 aromatic heterocycles. The van der Waals surface area contributed by atoms with Crippen LogP contribution in [0.5, 0.6) is 5.75 Å². The number of fused-ring (bicyclic) bond motifs is 2. The van der Waals surface area contributed by atoms with Crippen LogP contribution < -0.4 is 9.64 Å². The molecule has 0 amide bonds. The van der Waals surface area contributed by atoms with E-state index >= 15 is 0 Å². The van der Waals surface area contributed by atoms with Crippen LogP contribution in [0.3, 0.4) is 0 Å². The van der Waals surface area contributed by atoms with Gasteiger partial charge in [-0.3, -0.25) is 0 Å². The molecule has 0 spiro atoms. The van der Waals surface area contributed by atoms with Gasteiger partial charge in [0, 0.05) is 23.7 Å². The summed E-state index contributed by atoms with van der Waals surface area (Å²) in [4.78, 5) is 7.04. The Morgan fingerprint density at radius 1 is 1.37 bits per heavy atom. The van der Waals surface area contributed by atoms with Crippen molar-refractivity contribution in [2.45, 2.75) is 56.5 Å². The normalized spacial score (nSPS) is 29.6. The molecule has 0 aromatic carbocycles. The first-order valence-electron chi connectivity index (χ1n) is 7.29. The maximum atomic E-state index is 6.34. The molecule has 2 saturated heterocycles. The first kappa shape index (κ1) is 13.0. The number of hydrogen-bond donors (Lipinski definition) is 0. The lowest BCUT2D eigenvalue weighted by Crippen LogP contribution is -2.44. The van der Waals surface area contributed by atoms with Gasteiger partial charge in [-0.05, 0) is 44.2 Å². The van der Waals surface area contributed by atoms with Crippen molar-refractivity contribution < 1.29 is 4.74 Å². The molecule has 4 heteroatoms. The van der Waals surface area contributed by atoms with Crippen LogP contribution >= 0.6 is 11.6 Å². The molecule has 0 N–H and O–H groups in total. The van der Waals surface area contributed by atoms with Crippen LogP contribution in [0.2, 0.25) is 0 Å². The van der Waals surface area contributed by atoms with Gasteiger partial charge in [-0.2, -0.15) is 0 Å². The third-order valence-corrected chi connectivity index (χ3v) is 4.49. The summed E-state index contributed by atoms with van der Waals surface area (Å²) in [5.74, 6) is 1.95. The van der Waals surface area contributed by atoms with Crippen molar-refractivity contribution in [3.05, 3.63) is 18.3 Å². The second kappa shape index (κ2) is 5.58. The quantitative estimate of drug-likeness (QED) is 0.788. The van der Waals surface area contributed by atoms with Crippen molar-refractivity contribution in [3.63, 3.8) is 0 Å². The Morgan fingerprint density at radius 2 is 2.11 bits per heavy atom. The zero-order valence-corrected chi connectivity index (χ0v) is 12.1. The van der Waals surface area contributed by atoms with Crippen molar-refractivity contribution in [1.82, 2.24) is 4.98 Å². The summed E-state index contributed by atoms with van der Waals surface area (Å²) in [6.45, 7) is 2.87. The first-order valence-corrected chi connectivity index (χ1v) is 7.73. The summed E-state index contributed by atoms with van der Waals surface area (Å²) >= 11 is 6.34. The molecule has 2 aliphatic heterocycles. The summed E-state index contributed by atoms with van der Waals surface area (Å²) in [5, 5.41) is 0.331. The van der Waals surface area contributed by atoms with Crippen LogP contribution in [0.25, 0.3) is 0 Å². The third kappa shape index (κ3) is 2.53. The molecule has 1 aromatic rings. The highest BCUT2D eigenvalue weighted by Gasteiger charge is 2.41. The fourth-order valence-corrected chi connectivity index (χ4v) is 3.77. The Bertz CT molecular complexity index is 426. The zero-order valence-electron chi connectivity index (χ0n) is 11.4. The summed E-state index contributed by atoms with van der Waals surface area (Å²) in [7, 11) is 0. The lowest BCUT2D eigenvalue weighted by atomic mass is 10.0. The van der Waals surface area contributed by atoms with Crippen LogP contribution in [0.4, 0.5) is 5.82 Å². The van der Waals surface area contributed by atoms with E-state index in [0.29, 0.717) is 17.5 Å². The number of pyridine rings is 1. The largest absolute Gasteiger partial charge is 0.490 e. The minimum absolute atomic E-state index is 0.331. The number of hydrogen-bond acceptors (Lipinski definition) is 3. The van der Waals surface area contributed by atoms with Crippen LogP contribution in [-0.4, -0.2) is 29.1 Å². The minimum Gasteiger partial charge on any atom is -0.490 e. The molecule has 2 unspecified atom stereocenters. The third-order valence-electron chi connectivity index (χ3n) is 4.13. The molecule has 2 bridgehead atoms. The molecule has 3 nitrogen and oxygen atoms in total. The summed E-state index contributed by atoms with van der Waals surface area (Å²) in [6.07, 6.45) is 7.49. The Morgan fingerprint density at radius 3 is 2.79 bits per heavy atom. The number of anilines is 1. The topological polar surface area (TPSA) is 25.4 Å². The maximum Gasteiger partial charge on any atom is 0.171 e. The number of aromatic nitrogens is 1. The molecule has 2 atom stereocenters. The molecule has 104 valence electrons. The van der Waals surface area contributed by atoms with Gasteiger partial charge in [0.2, 0.25) is 0 Å². The van der Waals surface area contributed by atoms with Gasteiger partial charge in [0.15, 0.2) is 11.6 Å². The highest BCUT2D eigenvalue weighted by Crippen LogP contribution is 2.42. The maximum absolute atomic E-state index is 6.34. The van der Waals surface area contributed by atoms with E-state index in [2.05, 4.69) is 16.8 Å². The molecule has 3 heterocycles. The van der Waals surface area contributed by atoms with Crippen LogP contribution in [0, 0.1) is 0 Å². The average Bonchev–Trinajstić information content (AvgIpc) is 2.68. The molecule has 2 fully saturated rings. The number of piperidine rings is 1. The molecule has 0 radical (unpaired) electrons. The highest BCUT2D eigenvalue weighted by atomic mass is 35.5. The Balaban J connectivity index is 1.86. The van der Waals surface area contributed by atoms with Gasteiger partial charge in [-0.25, -0.2) is 4.98 Å². The fraction of sp³-hybridized carbons (Fsp3) is 0.667. The molecular formula is C15H21ClN2O. The zero-order chi connectivity index (χ0) is 13.2. The van der Waals surface area contributed by atoms with E-state index in [4.69, 9.17) is 16.3 Å². The average molecular weight is 281 g/mol. The number of alkyl halides is 1. The van der Waals surface area contributed by atoms with Gasteiger partial charge in [0.05, 0.1) is 6.61 Å².